The van der Waals surface area contributed by atoms with Crippen LogP contribution in [0.15, 0.2) is 42.5 Å². The Hall–Kier alpha value is -2.37. The minimum atomic E-state index is -0.175. The van der Waals surface area contributed by atoms with E-state index < -0.39 is 0 Å². The molecule has 0 bridgehead atoms. The van der Waals surface area contributed by atoms with Crippen LogP contribution in [0.2, 0.25) is 5.02 Å². The first-order valence-corrected chi connectivity index (χ1v) is 11.6. The molecule has 6 heteroatoms. The molecule has 31 heavy (non-hydrogen) atoms. The van der Waals surface area contributed by atoms with Crippen molar-refractivity contribution in [2.24, 2.45) is 5.92 Å². The number of carbonyl (C=O) groups is 2. The molecule has 0 unspecified atom stereocenters. The van der Waals surface area contributed by atoms with E-state index in [0.29, 0.717) is 17.1 Å². The summed E-state index contributed by atoms with van der Waals surface area (Å²) in [7, 11) is 0. The van der Waals surface area contributed by atoms with Crippen molar-refractivity contribution in [1.82, 2.24) is 15.5 Å². The number of rotatable bonds is 3. The molecule has 3 aliphatic heterocycles. The Morgan fingerprint density at radius 1 is 1.23 bits per heavy atom. The number of nitrogens with one attached hydrogen (secondary N) is 2. The number of piperidine rings is 2. The standard InChI is InChI=1S/C25H28ClN3O2/c1-15(16-6-3-2-4-7-16)28-24(30)23-19(26)10-9-17-11-13-29-21(22(17)23)14-20-18(25(29)31)8-5-12-27-20/h2-4,6-7,9-10,15,18,20-21,27H,5,8,11-14H2,1H3,(H,28,30)/t15-,18-,20-,21-/m1/s1. The number of nitrogens with zero attached hydrogens (tertiary/aromatic N) is 1. The van der Waals surface area contributed by atoms with Gasteiger partial charge in [0, 0.05) is 12.6 Å². The van der Waals surface area contributed by atoms with Crippen LogP contribution in [-0.4, -0.2) is 35.8 Å². The molecular formula is C25H28ClN3O2. The Bertz CT molecular complexity index is 1010. The number of carbonyl (C=O) groups excluding carboxylic acids is 2. The zero-order chi connectivity index (χ0) is 21.5. The minimum Gasteiger partial charge on any atom is -0.345 e. The van der Waals surface area contributed by atoms with Gasteiger partial charge in [0.05, 0.1) is 28.6 Å². The lowest BCUT2D eigenvalue weighted by Crippen LogP contribution is -2.58. The molecular weight excluding hydrogens is 410 g/mol. The number of benzene rings is 2. The maximum Gasteiger partial charge on any atom is 0.253 e. The second kappa shape index (κ2) is 8.29. The van der Waals surface area contributed by atoms with Crippen LogP contribution >= 0.6 is 11.6 Å². The van der Waals surface area contributed by atoms with Crippen molar-refractivity contribution in [3.05, 3.63) is 69.7 Å². The molecule has 5 rings (SSSR count). The van der Waals surface area contributed by atoms with Gasteiger partial charge in [0.1, 0.15) is 0 Å². The summed E-state index contributed by atoms with van der Waals surface area (Å²) < 4.78 is 0. The molecule has 5 nitrogen and oxygen atoms in total. The fourth-order valence-corrected chi connectivity index (χ4v) is 5.82. The van der Waals surface area contributed by atoms with Gasteiger partial charge in [-0.05, 0) is 61.9 Å². The van der Waals surface area contributed by atoms with Crippen LogP contribution in [-0.2, 0) is 11.2 Å². The number of hydrogen-bond donors (Lipinski definition) is 2. The van der Waals surface area contributed by atoms with Gasteiger partial charge in [-0.2, -0.15) is 0 Å². The molecule has 3 heterocycles. The third kappa shape index (κ3) is 3.64. The summed E-state index contributed by atoms with van der Waals surface area (Å²) in [6.45, 7) is 3.64. The first kappa shape index (κ1) is 20.5. The normalized spacial score (nSPS) is 25.8. The van der Waals surface area contributed by atoms with Crippen molar-refractivity contribution < 1.29 is 9.59 Å². The summed E-state index contributed by atoms with van der Waals surface area (Å²) in [5, 5.41) is 7.12. The van der Waals surface area contributed by atoms with E-state index in [2.05, 4.69) is 10.6 Å². The summed E-state index contributed by atoms with van der Waals surface area (Å²) in [6, 6.07) is 13.7. The van der Waals surface area contributed by atoms with Crippen molar-refractivity contribution in [2.45, 2.75) is 50.7 Å². The summed E-state index contributed by atoms with van der Waals surface area (Å²) >= 11 is 6.61. The van der Waals surface area contributed by atoms with E-state index in [-0.39, 0.29) is 35.9 Å². The highest BCUT2D eigenvalue weighted by molar-refractivity contribution is 6.34. The molecule has 2 fully saturated rings. The van der Waals surface area contributed by atoms with E-state index >= 15 is 0 Å². The lowest BCUT2D eigenvalue weighted by Gasteiger charge is -2.49. The number of fused-ring (bicyclic) bond motifs is 4. The highest BCUT2D eigenvalue weighted by Crippen LogP contribution is 2.44. The summed E-state index contributed by atoms with van der Waals surface area (Å²) in [5.41, 5.74) is 3.64. The summed E-state index contributed by atoms with van der Waals surface area (Å²) in [6.07, 6.45) is 3.58. The van der Waals surface area contributed by atoms with Crippen LogP contribution in [0.5, 0.6) is 0 Å². The molecule has 2 aromatic carbocycles. The molecule has 0 radical (unpaired) electrons. The fourth-order valence-electron chi connectivity index (χ4n) is 5.57. The van der Waals surface area contributed by atoms with Crippen LogP contribution in [0.3, 0.4) is 0 Å². The van der Waals surface area contributed by atoms with Gasteiger partial charge in [-0.3, -0.25) is 9.59 Å². The molecule has 2 saturated heterocycles. The van der Waals surface area contributed by atoms with E-state index in [4.69, 9.17) is 11.6 Å². The van der Waals surface area contributed by atoms with Crippen LogP contribution in [0.1, 0.15) is 65.3 Å². The van der Waals surface area contributed by atoms with Crippen molar-refractivity contribution in [1.29, 1.82) is 0 Å². The number of halogens is 1. The van der Waals surface area contributed by atoms with Gasteiger partial charge < -0.3 is 15.5 Å². The summed E-state index contributed by atoms with van der Waals surface area (Å²) in [5.74, 6) is 0.107. The minimum absolute atomic E-state index is 0.0566. The molecule has 0 aromatic heterocycles. The lowest BCUT2D eigenvalue weighted by molar-refractivity contribution is -0.145. The Morgan fingerprint density at radius 3 is 2.84 bits per heavy atom. The van der Waals surface area contributed by atoms with E-state index in [9.17, 15) is 9.59 Å². The molecule has 162 valence electrons. The smallest absolute Gasteiger partial charge is 0.253 e. The average molecular weight is 438 g/mol. The van der Waals surface area contributed by atoms with Gasteiger partial charge in [0.25, 0.3) is 5.91 Å². The average Bonchev–Trinajstić information content (AvgIpc) is 2.79. The molecule has 0 aliphatic carbocycles. The van der Waals surface area contributed by atoms with Gasteiger partial charge in [-0.25, -0.2) is 0 Å². The molecule has 0 saturated carbocycles. The van der Waals surface area contributed by atoms with Crippen molar-refractivity contribution >= 4 is 23.4 Å². The van der Waals surface area contributed by atoms with E-state index in [1.165, 1.54) is 0 Å². The fraction of sp³-hybridized carbons (Fsp3) is 0.440. The first-order chi connectivity index (χ1) is 15.0. The van der Waals surface area contributed by atoms with Gasteiger partial charge in [-0.15, -0.1) is 0 Å². The topological polar surface area (TPSA) is 61.4 Å². The molecule has 4 atom stereocenters. The van der Waals surface area contributed by atoms with E-state index in [1.54, 1.807) is 0 Å². The van der Waals surface area contributed by atoms with Crippen LogP contribution in [0, 0.1) is 5.92 Å². The molecule has 2 amide bonds. The van der Waals surface area contributed by atoms with Gasteiger partial charge in [0.15, 0.2) is 0 Å². The van der Waals surface area contributed by atoms with E-state index in [1.807, 2.05) is 54.3 Å². The first-order valence-electron chi connectivity index (χ1n) is 11.3. The van der Waals surface area contributed by atoms with Crippen LogP contribution in [0.4, 0.5) is 0 Å². The SMILES string of the molecule is C[C@@H](NC(=O)c1c(Cl)ccc2c1[C@H]1C[C@H]3NCCC[C@H]3C(=O)N1CC2)c1ccccc1. The van der Waals surface area contributed by atoms with Crippen molar-refractivity contribution in [3.8, 4) is 0 Å². The Morgan fingerprint density at radius 2 is 2.03 bits per heavy atom. The van der Waals surface area contributed by atoms with E-state index in [0.717, 1.165) is 48.9 Å². The highest BCUT2D eigenvalue weighted by Gasteiger charge is 2.46. The highest BCUT2D eigenvalue weighted by atomic mass is 35.5. The Labute approximate surface area is 188 Å². The molecule has 2 N–H and O–H groups in total. The van der Waals surface area contributed by atoms with Gasteiger partial charge in [0.2, 0.25) is 5.91 Å². The molecule has 0 spiro atoms. The van der Waals surface area contributed by atoms with Gasteiger partial charge >= 0.3 is 0 Å². The van der Waals surface area contributed by atoms with Gasteiger partial charge in [-0.1, -0.05) is 48.0 Å². The van der Waals surface area contributed by atoms with Crippen LogP contribution in [0.25, 0.3) is 0 Å². The zero-order valence-corrected chi connectivity index (χ0v) is 18.5. The van der Waals surface area contributed by atoms with Crippen molar-refractivity contribution in [3.63, 3.8) is 0 Å². The second-order valence-electron chi connectivity index (χ2n) is 8.94. The largest absolute Gasteiger partial charge is 0.345 e. The third-order valence-corrected chi connectivity index (χ3v) is 7.47. The predicted octanol–water partition coefficient (Wildman–Crippen LogP) is 4.03. The second-order valence-corrected chi connectivity index (χ2v) is 9.35. The molecule has 2 aromatic rings. The lowest BCUT2D eigenvalue weighted by atomic mass is 9.76. The Balaban J connectivity index is 1.49. The molecule has 3 aliphatic rings. The number of hydrogen-bond acceptors (Lipinski definition) is 3. The Kier molecular flexibility index (Phi) is 5.49. The summed E-state index contributed by atoms with van der Waals surface area (Å²) in [4.78, 5) is 28.7. The van der Waals surface area contributed by atoms with Crippen LogP contribution < -0.4 is 10.6 Å². The maximum atomic E-state index is 13.4. The quantitative estimate of drug-likeness (QED) is 0.762. The maximum absolute atomic E-state index is 13.4. The predicted molar refractivity (Wildman–Crippen MR) is 121 cm³/mol. The third-order valence-electron chi connectivity index (χ3n) is 7.15. The van der Waals surface area contributed by atoms with Crippen molar-refractivity contribution in [2.75, 3.05) is 13.1 Å². The number of amides is 2. The monoisotopic (exact) mass is 437 g/mol. The zero-order valence-electron chi connectivity index (χ0n) is 17.7.